The van der Waals surface area contributed by atoms with E-state index in [4.69, 9.17) is 0 Å². The Bertz CT molecular complexity index is 979. The predicted octanol–water partition coefficient (Wildman–Crippen LogP) is 16.8. The van der Waals surface area contributed by atoms with E-state index in [2.05, 4.69) is 153 Å². The van der Waals surface area contributed by atoms with Gasteiger partial charge in [0.2, 0.25) is 0 Å². The van der Waals surface area contributed by atoms with E-state index < -0.39 is 0 Å². The molecule has 3 nitrogen and oxygen atoms in total. The fourth-order valence-corrected chi connectivity index (χ4v) is 3.40. The molecule has 3 heteroatoms. The first-order valence-corrected chi connectivity index (χ1v) is 18.2. The number of benzene rings is 1. The van der Waals surface area contributed by atoms with Crippen molar-refractivity contribution in [3.8, 4) is 0 Å². The monoisotopic (exact) mass is 724 g/mol. The highest BCUT2D eigenvalue weighted by atomic mass is 14.7. The zero-order chi connectivity index (χ0) is 38.5. The van der Waals surface area contributed by atoms with Gasteiger partial charge >= 0.3 is 0 Å². The Hall–Kier alpha value is -3.33. The first kappa shape index (κ1) is 66.9. The van der Waals surface area contributed by atoms with Crippen molar-refractivity contribution in [3.63, 3.8) is 0 Å². The Morgan fingerprint density at radius 2 is 0.692 bits per heavy atom. The SMILES string of the molecule is C.C.C.C.CC.CC.CC.CC.CC(C)(C)c1ccccc1.CC(C)(C)c1ccccn1.CC(C)(C)c1cccnc1.CC(C)(C)c1ccncc1. The lowest BCUT2D eigenvalue weighted by Crippen LogP contribution is -2.12. The van der Waals surface area contributed by atoms with E-state index in [1.54, 1.807) is 6.20 Å². The molecule has 0 aliphatic heterocycles. The Balaban J connectivity index is -0.0000000757. The molecule has 304 valence electrons. The Morgan fingerprint density at radius 1 is 0.327 bits per heavy atom. The highest BCUT2D eigenvalue weighted by Crippen LogP contribution is 2.22. The maximum atomic E-state index is 4.25. The first-order chi connectivity index (χ1) is 22.4. The fraction of sp³-hybridized carbons (Fsp3) is 0.571. The summed E-state index contributed by atoms with van der Waals surface area (Å²) in [7, 11) is 0. The van der Waals surface area contributed by atoms with Crippen molar-refractivity contribution in [1.82, 2.24) is 15.0 Å². The van der Waals surface area contributed by atoms with Crippen LogP contribution in [-0.4, -0.2) is 15.0 Å². The summed E-state index contributed by atoms with van der Waals surface area (Å²) in [4.78, 5) is 12.3. The van der Waals surface area contributed by atoms with Crippen molar-refractivity contribution in [2.75, 3.05) is 0 Å². The third-order valence-corrected chi connectivity index (χ3v) is 6.15. The molecule has 0 amide bonds. The van der Waals surface area contributed by atoms with Crippen LogP contribution in [-0.2, 0) is 21.7 Å². The largest absolute Gasteiger partial charge is 0.265 e. The third-order valence-electron chi connectivity index (χ3n) is 6.15. The quantitative estimate of drug-likeness (QED) is 0.181. The summed E-state index contributed by atoms with van der Waals surface area (Å²) in [6.07, 6.45) is 9.22. The number of hydrogen-bond donors (Lipinski definition) is 0. The minimum atomic E-state index is 0. The van der Waals surface area contributed by atoms with Crippen LogP contribution in [0.3, 0.4) is 0 Å². The van der Waals surface area contributed by atoms with Crippen LogP contribution in [0.4, 0.5) is 0 Å². The van der Waals surface area contributed by atoms with Crippen LogP contribution < -0.4 is 0 Å². The molecule has 52 heavy (non-hydrogen) atoms. The van der Waals surface area contributed by atoms with Crippen molar-refractivity contribution in [2.24, 2.45) is 0 Å². The lowest BCUT2D eigenvalue weighted by Gasteiger charge is -2.18. The minimum Gasteiger partial charge on any atom is -0.265 e. The smallest absolute Gasteiger partial charge is 0.0457 e. The van der Waals surface area contributed by atoms with E-state index in [9.17, 15) is 0 Å². The van der Waals surface area contributed by atoms with Crippen LogP contribution in [0.15, 0.2) is 104 Å². The summed E-state index contributed by atoms with van der Waals surface area (Å²) in [5, 5.41) is 0. The van der Waals surface area contributed by atoms with Gasteiger partial charge in [-0.25, -0.2) is 0 Å². The zero-order valence-corrected chi connectivity index (χ0v) is 35.2. The highest BCUT2D eigenvalue weighted by molar-refractivity contribution is 5.22. The molecular weight excluding hydrogens is 631 g/mol. The predicted molar refractivity (Wildman–Crippen MR) is 246 cm³/mol. The zero-order valence-electron chi connectivity index (χ0n) is 35.2. The van der Waals surface area contributed by atoms with E-state index in [0.29, 0.717) is 5.41 Å². The second kappa shape index (κ2) is 37.4. The van der Waals surface area contributed by atoms with E-state index in [-0.39, 0.29) is 46.0 Å². The molecule has 0 bridgehead atoms. The highest BCUT2D eigenvalue weighted by Gasteiger charge is 2.14. The second-order valence-corrected chi connectivity index (χ2v) is 14.1. The van der Waals surface area contributed by atoms with E-state index in [1.165, 1.54) is 16.7 Å². The van der Waals surface area contributed by atoms with Crippen molar-refractivity contribution >= 4 is 0 Å². The lowest BCUT2D eigenvalue weighted by atomic mass is 9.87. The van der Waals surface area contributed by atoms with Gasteiger partial charge < -0.3 is 0 Å². The van der Waals surface area contributed by atoms with Crippen molar-refractivity contribution in [3.05, 3.63) is 126 Å². The molecule has 0 saturated carbocycles. The maximum absolute atomic E-state index is 4.25. The molecule has 4 aromatic rings. The van der Waals surface area contributed by atoms with Gasteiger partial charge in [-0.2, -0.15) is 0 Å². The third kappa shape index (κ3) is 35.1. The van der Waals surface area contributed by atoms with Crippen LogP contribution >= 0.6 is 0 Å². The Morgan fingerprint density at radius 3 is 0.923 bits per heavy atom. The van der Waals surface area contributed by atoms with Gasteiger partial charge in [-0.1, -0.05) is 211 Å². The standard InChI is InChI=1S/C10H14.3C9H13N.4C2H6.4CH4/c1-10(2,3)9-7-5-4-6-8-9;1-9(2,3)8-4-6-10-7-5-8;1-9(2,3)8-5-4-6-10-7-8;1-9(2,3)8-6-4-5-7-10-8;4*1-2;;;;/h4-8H,1-3H3;3*4-7H,1-3H3;4*1-2H3;4*1H4. The summed E-state index contributed by atoms with van der Waals surface area (Å²) in [5.74, 6) is 0. The van der Waals surface area contributed by atoms with Crippen molar-refractivity contribution in [1.29, 1.82) is 0 Å². The fourth-order valence-electron chi connectivity index (χ4n) is 3.40. The molecule has 4 rings (SSSR count). The van der Waals surface area contributed by atoms with Gasteiger partial charge in [0.15, 0.2) is 0 Å². The summed E-state index contributed by atoms with van der Waals surface area (Å²) in [6.45, 7) is 42.3. The van der Waals surface area contributed by atoms with E-state index >= 15 is 0 Å². The summed E-state index contributed by atoms with van der Waals surface area (Å²) in [6, 6.07) is 24.8. The second-order valence-electron chi connectivity index (χ2n) is 14.1. The van der Waals surface area contributed by atoms with Gasteiger partial charge in [-0.3, -0.25) is 15.0 Å². The maximum Gasteiger partial charge on any atom is 0.0457 e. The van der Waals surface area contributed by atoms with E-state index in [1.807, 2.05) is 98.4 Å². The summed E-state index contributed by atoms with van der Waals surface area (Å²) in [5.41, 5.74) is 6.13. The van der Waals surface area contributed by atoms with Crippen LogP contribution in [0.5, 0.6) is 0 Å². The average Bonchev–Trinajstić information content (AvgIpc) is 3.09. The van der Waals surface area contributed by atoms with Gasteiger partial charge in [0, 0.05) is 42.1 Å². The average molecular weight is 724 g/mol. The van der Waals surface area contributed by atoms with Gasteiger partial charge in [0.05, 0.1) is 0 Å². The number of rotatable bonds is 0. The van der Waals surface area contributed by atoms with Gasteiger partial charge in [0.1, 0.15) is 0 Å². The molecule has 0 aliphatic rings. The molecule has 0 spiro atoms. The molecule has 0 saturated heterocycles. The Kier molecular flexibility index (Phi) is 48.1. The molecule has 3 heterocycles. The number of hydrogen-bond acceptors (Lipinski definition) is 3. The topological polar surface area (TPSA) is 38.7 Å². The summed E-state index contributed by atoms with van der Waals surface area (Å²) < 4.78 is 0. The molecule has 1 aromatic carbocycles. The minimum absolute atomic E-state index is 0. The van der Waals surface area contributed by atoms with Crippen LogP contribution in [0, 0.1) is 0 Å². The molecule has 3 aromatic heterocycles. The van der Waals surface area contributed by atoms with E-state index in [0.717, 1.165) is 5.69 Å². The first-order valence-electron chi connectivity index (χ1n) is 18.2. The van der Waals surface area contributed by atoms with Crippen LogP contribution in [0.2, 0.25) is 0 Å². The van der Waals surface area contributed by atoms with Crippen LogP contribution in [0.1, 0.15) is 191 Å². The molecule has 0 atom stereocenters. The molecule has 0 radical (unpaired) electrons. The molecule has 0 aliphatic carbocycles. The van der Waals surface area contributed by atoms with Crippen molar-refractivity contribution < 1.29 is 0 Å². The molecule has 0 N–H and O–H groups in total. The van der Waals surface area contributed by atoms with Gasteiger partial charge in [-0.15, -0.1) is 0 Å². The molecule has 0 fully saturated rings. The van der Waals surface area contributed by atoms with Crippen LogP contribution in [0.25, 0.3) is 0 Å². The number of aromatic nitrogens is 3. The summed E-state index contributed by atoms with van der Waals surface area (Å²) >= 11 is 0. The molecule has 0 unspecified atom stereocenters. The van der Waals surface area contributed by atoms with Gasteiger partial charge in [-0.05, 0) is 63.3 Å². The number of nitrogens with zero attached hydrogens (tertiary/aromatic N) is 3. The van der Waals surface area contributed by atoms with Gasteiger partial charge in [0.25, 0.3) is 0 Å². The Labute approximate surface area is 330 Å². The lowest BCUT2D eigenvalue weighted by molar-refractivity contribution is 0.569. The molecular formula is C49H93N3. The number of pyridine rings is 3. The van der Waals surface area contributed by atoms with Crippen molar-refractivity contribution in [2.45, 2.75) is 190 Å². The normalized spacial score (nSPS) is 9.31.